The SMILES string of the molecule is COP1(=O)C=CC(C)=C1. The molecule has 0 aromatic carbocycles. The summed E-state index contributed by atoms with van der Waals surface area (Å²) in [6, 6.07) is 0. The Morgan fingerprint density at radius 3 is 2.56 bits per heavy atom. The summed E-state index contributed by atoms with van der Waals surface area (Å²) in [5.41, 5.74) is 1.01. The van der Waals surface area contributed by atoms with E-state index in [1.807, 2.05) is 13.0 Å². The first-order valence-corrected chi connectivity index (χ1v) is 4.46. The zero-order valence-corrected chi connectivity index (χ0v) is 6.39. The minimum atomic E-state index is -2.45. The maximum atomic E-state index is 11.2. The standard InChI is InChI=1S/C6H9O2P/c1-6-3-4-9(7,5-6)8-2/h3-5H,1-2H3. The summed E-state index contributed by atoms with van der Waals surface area (Å²) in [7, 11) is -0.991. The molecule has 1 heterocycles. The van der Waals surface area contributed by atoms with Gasteiger partial charge < -0.3 is 4.52 Å². The highest BCUT2D eigenvalue weighted by Crippen LogP contribution is 2.53. The minimum Gasteiger partial charge on any atom is -0.326 e. The van der Waals surface area contributed by atoms with E-state index in [2.05, 4.69) is 0 Å². The first-order valence-electron chi connectivity index (χ1n) is 2.70. The van der Waals surface area contributed by atoms with E-state index in [0.717, 1.165) is 5.57 Å². The molecule has 0 spiro atoms. The Kier molecular flexibility index (Phi) is 1.60. The Bertz CT molecular complexity index is 215. The van der Waals surface area contributed by atoms with Crippen molar-refractivity contribution < 1.29 is 9.09 Å². The predicted molar refractivity (Wildman–Crippen MR) is 37.5 cm³/mol. The number of allylic oxidation sites excluding steroid dienone is 2. The maximum Gasteiger partial charge on any atom is 0.247 e. The van der Waals surface area contributed by atoms with Crippen LogP contribution in [0.15, 0.2) is 23.3 Å². The van der Waals surface area contributed by atoms with Crippen LogP contribution in [-0.2, 0) is 9.09 Å². The molecular formula is C6H9O2P. The summed E-state index contributed by atoms with van der Waals surface area (Å²) in [4.78, 5) is 0. The van der Waals surface area contributed by atoms with Crippen LogP contribution in [0, 0.1) is 0 Å². The lowest BCUT2D eigenvalue weighted by Gasteiger charge is -2.00. The molecule has 9 heavy (non-hydrogen) atoms. The molecule has 0 amide bonds. The molecule has 0 saturated heterocycles. The van der Waals surface area contributed by atoms with Crippen LogP contribution in [0.5, 0.6) is 0 Å². The normalized spacial score (nSPS) is 32.9. The zero-order valence-electron chi connectivity index (χ0n) is 5.50. The van der Waals surface area contributed by atoms with Crippen molar-refractivity contribution in [2.75, 3.05) is 7.11 Å². The Morgan fingerprint density at radius 2 is 2.33 bits per heavy atom. The van der Waals surface area contributed by atoms with Crippen molar-refractivity contribution in [3.8, 4) is 0 Å². The number of hydrogen-bond donors (Lipinski definition) is 0. The van der Waals surface area contributed by atoms with E-state index in [9.17, 15) is 4.57 Å². The van der Waals surface area contributed by atoms with Gasteiger partial charge in [-0.05, 0) is 12.5 Å². The second-order valence-corrected chi connectivity index (χ2v) is 4.23. The van der Waals surface area contributed by atoms with Crippen molar-refractivity contribution in [3.05, 3.63) is 23.3 Å². The van der Waals surface area contributed by atoms with E-state index in [1.54, 1.807) is 11.6 Å². The van der Waals surface area contributed by atoms with Crippen molar-refractivity contribution in [2.24, 2.45) is 0 Å². The second kappa shape index (κ2) is 2.13. The molecule has 0 bridgehead atoms. The zero-order chi connectivity index (χ0) is 6.91. The van der Waals surface area contributed by atoms with E-state index in [0.29, 0.717) is 0 Å². The van der Waals surface area contributed by atoms with Gasteiger partial charge in [0.1, 0.15) is 0 Å². The van der Waals surface area contributed by atoms with E-state index in [4.69, 9.17) is 4.52 Å². The molecule has 3 heteroatoms. The molecule has 1 rings (SSSR count). The number of rotatable bonds is 1. The summed E-state index contributed by atoms with van der Waals surface area (Å²) in [5.74, 6) is 3.27. The molecule has 1 unspecified atom stereocenters. The van der Waals surface area contributed by atoms with E-state index >= 15 is 0 Å². The molecule has 0 saturated carbocycles. The van der Waals surface area contributed by atoms with Crippen molar-refractivity contribution >= 4 is 7.37 Å². The van der Waals surface area contributed by atoms with Gasteiger partial charge >= 0.3 is 0 Å². The van der Waals surface area contributed by atoms with Gasteiger partial charge in [0.05, 0.1) is 0 Å². The summed E-state index contributed by atoms with van der Waals surface area (Å²) in [6.07, 6.45) is 1.81. The molecule has 0 aliphatic carbocycles. The van der Waals surface area contributed by atoms with Gasteiger partial charge in [-0.1, -0.05) is 6.08 Å². The molecule has 1 aliphatic heterocycles. The third kappa shape index (κ3) is 1.32. The van der Waals surface area contributed by atoms with E-state index < -0.39 is 7.37 Å². The van der Waals surface area contributed by atoms with Crippen LogP contribution in [0.3, 0.4) is 0 Å². The van der Waals surface area contributed by atoms with Crippen molar-refractivity contribution in [2.45, 2.75) is 6.92 Å². The first-order chi connectivity index (χ1) is 4.16. The molecule has 0 N–H and O–H groups in total. The Balaban J connectivity index is 2.92. The highest BCUT2D eigenvalue weighted by Gasteiger charge is 2.17. The fourth-order valence-electron chi connectivity index (χ4n) is 0.705. The van der Waals surface area contributed by atoms with Crippen LogP contribution in [-0.4, -0.2) is 7.11 Å². The Labute approximate surface area is 54.7 Å². The van der Waals surface area contributed by atoms with Gasteiger partial charge in [0.2, 0.25) is 7.37 Å². The molecule has 0 aromatic heterocycles. The van der Waals surface area contributed by atoms with E-state index in [-0.39, 0.29) is 0 Å². The molecule has 1 aliphatic rings. The molecule has 50 valence electrons. The van der Waals surface area contributed by atoms with Crippen LogP contribution in [0.1, 0.15) is 6.92 Å². The Morgan fingerprint density at radius 1 is 1.67 bits per heavy atom. The molecule has 0 aromatic rings. The highest BCUT2D eigenvalue weighted by molar-refractivity contribution is 7.65. The van der Waals surface area contributed by atoms with Crippen LogP contribution in [0.2, 0.25) is 0 Å². The largest absolute Gasteiger partial charge is 0.326 e. The molecule has 0 fully saturated rings. The monoisotopic (exact) mass is 144 g/mol. The van der Waals surface area contributed by atoms with Gasteiger partial charge in [0.15, 0.2) is 0 Å². The fraction of sp³-hybridized carbons (Fsp3) is 0.333. The van der Waals surface area contributed by atoms with Crippen LogP contribution in [0.25, 0.3) is 0 Å². The number of hydrogen-bond acceptors (Lipinski definition) is 2. The lowest BCUT2D eigenvalue weighted by atomic mass is 10.4. The van der Waals surface area contributed by atoms with Crippen molar-refractivity contribution in [1.82, 2.24) is 0 Å². The highest BCUT2D eigenvalue weighted by atomic mass is 31.2. The van der Waals surface area contributed by atoms with Gasteiger partial charge in [0.25, 0.3) is 0 Å². The van der Waals surface area contributed by atoms with Gasteiger partial charge in [-0.25, -0.2) is 0 Å². The van der Waals surface area contributed by atoms with Gasteiger partial charge in [0, 0.05) is 18.7 Å². The summed E-state index contributed by atoms with van der Waals surface area (Å²) in [6.45, 7) is 1.90. The van der Waals surface area contributed by atoms with Gasteiger partial charge in [-0.3, -0.25) is 4.57 Å². The summed E-state index contributed by atoms with van der Waals surface area (Å²) in [5, 5.41) is 0. The quantitative estimate of drug-likeness (QED) is 0.528. The maximum absolute atomic E-state index is 11.2. The van der Waals surface area contributed by atoms with Gasteiger partial charge in [-0.15, -0.1) is 0 Å². The van der Waals surface area contributed by atoms with Crippen molar-refractivity contribution in [3.63, 3.8) is 0 Å². The van der Waals surface area contributed by atoms with Crippen LogP contribution < -0.4 is 0 Å². The molecule has 1 atom stereocenters. The van der Waals surface area contributed by atoms with E-state index in [1.165, 1.54) is 7.11 Å². The molecular weight excluding hydrogens is 135 g/mol. The van der Waals surface area contributed by atoms with Crippen LogP contribution in [0.4, 0.5) is 0 Å². The third-order valence-electron chi connectivity index (χ3n) is 1.21. The Hall–Kier alpha value is -0.330. The minimum absolute atomic E-state index is 1.01. The van der Waals surface area contributed by atoms with Gasteiger partial charge in [-0.2, -0.15) is 0 Å². The average molecular weight is 144 g/mol. The molecule has 0 radical (unpaired) electrons. The first kappa shape index (κ1) is 6.79. The molecule has 2 nitrogen and oxygen atoms in total. The fourth-order valence-corrected chi connectivity index (χ4v) is 2.11. The third-order valence-corrected chi connectivity index (χ3v) is 3.12. The van der Waals surface area contributed by atoms with Crippen molar-refractivity contribution in [1.29, 1.82) is 0 Å². The average Bonchev–Trinajstić information content (AvgIpc) is 2.13. The second-order valence-electron chi connectivity index (χ2n) is 2.02. The van der Waals surface area contributed by atoms with Crippen LogP contribution >= 0.6 is 7.37 Å². The summed E-state index contributed by atoms with van der Waals surface area (Å²) < 4.78 is 16.0. The lowest BCUT2D eigenvalue weighted by molar-refractivity contribution is 0.411. The smallest absolute Gasteiger partial charge is 0.247 e. The lowest BCUT2D eigenvalue weighted by Crippen LogP contribution is -1.70. The summed E-state index contributed by atoms with van der Waals surface area (Å²) >= 11 is 0. The predicted octanol–water partition coefficient (Wildman–Crippen LogP) is 2.34. The topological polar surface area (TPSA) is 26.3 Å².